The van der Waals surface area contributed by atoms with Crippen molar-refractivity contribution in [3.8, 4) is 5.88 Å². The molecule has 5 heteroatoms. The number of anilines is 1. The number of pyridine rings is 1. The number of rotatable bonds is 8. The molecule has 0 saturated heterocycles. The highest BCUT2D eigenvalue weighted by Crippen LogP contribution is 2.15. The minimum atomic E-state index is -0.118. The van der Waals surface area contributed by atoms with Gasteiger partial charge in [-0.05, 0) is 44.5 Å². The number of hydrogen-bond acceptors (Lipinski definition) is 4. The van der Waals surface area contributed by atoms with Crippen LogP contribution in [0.3, 0.4) is 0 Å². The first kappa shape index (κ1) is 17.8. The standard InChI is InChI=1S/C19H25N3O2/c1-4-11-24-19-16(8-6-10-20-19)13-21-18(23)15-7-5-9-17(12-15)22-14(2)3/h5-10,12,14,22H,4,11,13H2,1-3H3,(H,21,23). The highest BCUT2D eigenvalue weighted by molar-refractivity contribution is 5.95. The zero-order valence-electron chi connectivity index (χ0n) is 14.5. The first-order valence-corrected chi connectivity index (χ1v) is 8.31. The van der Waals surface area contributed by atoms with E-state index in [4.69, 9.17) is 4.74 Å². The molecule has 0 aliphatic rings. The molecule has 0 aliphatic heterocycles. The summed E-state index contributed by atoms with van der Waals surface area (Å²) in [6.45, 7) is 7.16. The lowest BCUT2D eigenvalue weighted by molar-refractivity contribution is 0.0950. The minimum Gasteiger partial charge on any atom is -0.477 e. The molecule has 0 unspecified atom stereocenters. The van der Waals surface area contributed by atoms with E-state index in [0.29, 0.717) is 30.6 Å². The summed E-state index contributed by atoms with van der Waals surface area (Å²) in [7, 11) is 0. The van der Waals surface area contributed by atoms with E-state index in [-0.39, 0.29) is 5.91 Å². The highest BCUT2D eigenvalue weighted by atomic mass is 16.5. The molecule has 24 heavy (non-hydrogen) atoms. The summed E-state index contributed by atoms with van der Waals surface area (Å²) in [6.07, 6.45) is 2.61. The molecule has 0 fully saturated rings. The van der Waals surface area contributed by atoms with E-state index >= 15 is 0 Å². The van der Waals surface area contributed by atoms with Gasteiger partial charge in [0.1, 0.15) is 0 Å². The van der Waals surface area contributed by atoms with E-state index in [1.54, 1.807) is 12.3 Å². The Bertz CT molecular complexity index is 671. The number of nitrogens with one attached hydrogen (secondary N) is 2. The second-order valence-corrected chi connectivity index (χ2v) is 5.88. The molecule has 2 aromatic rings. The summed E-state index contributed by atoms with van der Waals surface area (Å²) in [5.74, 6) is 0.461. The van der Waals surface area contributed by atoms with Crippen LogP contribution in [0.4, 0.5) is 5.69 Å². The Hall–Kier alpha value is -2.56. The number of amides is 1. The van der Waals surface area contributed by atoms with Gasteiger partial charge in [0.05, 0.1) is 6.61 Å². The average molecular weight is 327 g/mol. The molecule has 0 atom stereocenters. The molecule has 1 heterocycles. The summed E-state index contributed by atoms with van der Waals surface area (Å²) in [4.78, 5) is 16.6. The first-order valence-electron chi connectivity index (χ1n) is 8.31. The normalized spacial score (nSPS) is 10.5. The van der Waals surface area contributed by atoms with Crippen LogP contribution in [0.1, 0.15) is 43.1 Å². The average Bonchev–Trinajstić information content (AvgIpc) is 2.58. The molecule has 0 saturated carbocycles. The lowest BCUT2D eigenvalue weighted by Crippen LogP contribution is -2.23. The van der Waals surface area contributed by atoms with Gasteiger partial charge in [-0.3, -0.25) is 4.79 Å². The summed E-state index contributed by atoms with van der Waals surface area (Å²) < 4.78 is 5.61. The van der Waals surface area contributed by atoms with Crippen molar-refractivity contribution in [1.82, 2.24) is 10.3 Å². The highest BCUT2D eigenvalue weighted by Gasteiger charge is 2.09. The number of aromatic nitrogens is 1. The van der Waals surface area contributed by atoms with Crippen LogP contribution in [0.5, 0.6) is 5.88 Å². The van der Waals surface area contributed by atoms with Crippen molar-refractivity contribution in [2.45, 2.75) is 39.8 Å². The van der Waals surface area contributed by atoms with Crippen molar-refractivity contribution in [2.75, 3.05) is 11.9 Å². The van der Waals surface area contributed by atoms with Gasteiger partial charge in [-0.1, -0.05) is 19.1 Å². The minimum absolute atomic E-state index is 0.118. The van der Waals surface area contributed by atoms with E-state index in [9.17, 15) is 4.79 Å². The van der Waals surface area contributed by atoms with Crippen LogP contribution in [0, 0.1) is 0 Å². The lowest BCUT2D eigenvalue weighted by Gasteiger charge is -2.12. The van der Waals surface area contributed by atoms with Crippen LogP contribution in [-0.2, 0) is 6.54 Å². The van der Waals surface area contributed by atoms with Gasteiger partial charge in [-0.15, -0.1) is 0 Å². The van der Waals surface area contributed by atoms with Crippen molar-refractivity contribution in [1.29, 1.82) is 0 Å². The Kier molecular flexibility index (Phi) is 6.61. The third kappa shape index (κ3) is 5.26. The number of carbonyl (C=O) groups excluding carboxylic acids is 1. The van der Waals surface area contributed by atoms with Gasteiger partial charge in [-0.25, -0.2) is 4.98 Å². The maximum Gasteiger partial charge on any atom is 0.251 e. The number of nitrogens with zero attached hydrogens (tertiary/aromatic N) is 1. The molecule has 0 radical (unpaired) electrons. The number of carbonyl (C=O) groups is 1. The van der Waals surface area contributed by atoms with E-state index in [1.165, 1.54) is 0 Å². The molecule has 1 aromatic heterocycles. The Balaban J connectivity index is 2.01. The predicted octanol–water partition coefficient (Wildman–Crippen LogP) is 3.62. The van der Waals surface area contributed by atoms with Crippen LogP contribution in [0.2, 0.25) is 0 Å². The summed E-state index contributed by atoms with van der Waals surface area (Å²) in [5.41, 5.74) is 2.43. The molecule has 0 aliphatic carbocycles. The monoisotopic (exact) mass is 327 g/mol. The maximum atomic E-state index is 12.4. The maximum absolute atomic E-state index is 12.4. The van der Waals surface area contributed by atoms with Crippen LogP contribution in [-0.4, -0.2) is 23.5 Å². The van der Waals surface area contributed by atoms with Crippen molar-refractivity contribution in [3.05, 3.63) is 53.7 Å². The zero-order valence-corrected chi connectivity index (χ0v) is 14.5. The Labute approximate surface area is 143 Å². The Morgan fingerprint density at radius 2 is 2.08 bits per heavy atom. The second kappa shape index (κ2) is 8.91. The molecule has 0 bridgehead atoms. The van der Waals surface area contributed by atoms with E-state index in [2.05, 4.69) is 29.5 Å². The molecule has 5 nitrogen and oxygen atoms in total. The van der Waals surface area contributed by atoms with Gasteiger partial charge >= 0.3 is 0 Å². The summed E-state index contributed by atoms with van der Waals surface area (Å²) >= 11 is 0. The fraction of sp³-hybridized carbons (Fsp3) is 0.368. The fourth-order valence-electron chi connectivity index (χ4n) is 2.25. The Morgan fingerprint density at radius 3 is 2.83 bits per heavy atom. The molecule has 128 valence electrons. The van der Waals surface area contributed by atoms with Gasteiger partial charge < -0.3 is 15.4 Å². The largest absolute Gasteiger partial charge is 0.477 e. The Morgan fingerprint density at radius 1 is 1.25 bits per heavy atom. The van der Waals surface area contributed by atoms with Crippen LogP contribution in [0.25, 0.3) is 0 Å². The molecule has 1 aromatic carbocycles. The number of hydrogen-bond donors (Lipinski definition) is 2. The molecule has 1 amide bonds. The molecule has 2 N–H and O–H groups in total. The SMILES string of the molecule is CCCOc1ncccc1CNC(=O)c1cccc(NC(C)C)c1. The van der Waals surface area contributed by atoms with E-state index in [1.807, 2.05) is 37.3 Å². The number of ether oxygens (including phenoxy) is 1. The van der Waals surface area contributed by atoms with Gasteiger partial charge in [0.2, 0.25) is 5.88 Å². The summed E-state index contributed by atoms with van der Waals surface area (Å²) in [6, 6.07) is 11.6. The van der Waals surface area contributed by atoms with Gasteiger partial charge in [0.15, 0.2) is 0 Å². The molecular formula is C19H25N3O2. The third-order valence-corrected chi connectivity index (χ3v) is 3.31. The van der Waals surface area contributed by atoms with Crippen molar-refractivity contribution in [3.63, 3.8) is 0 Å². The number of benzene rings is 1. The molecular weight excluding hydrogens is 302 g/mol. The molecule has 2 rings (SSSR count). The van der Waals surface area contributed by atoms with Gasteiger partial charge in [0, 0.05) is 35.6 Å². The van der Waals surface area contributed by atoms with Crippen LogP contribution in [0.15, 0.2) is 42.6 Å². The predicted molar refractivity (Wildman–Crippen MR) is 96.4 cm³/mol. The third-order valence-electron chi connectivity index (χ3n) is 3.31. The first-order chi connectivity index (χ1) is 11.6. The smallest absolute Gasteiger partial charge is 0.251 e. The fourth-order valence-corrected chi connectivity index (χ4v) is 2.25. The van der Waals surface area contributed by atoms with E-state index in [0.717, 1.165) is 17.7 Å². The lowest BCUT2D eigenvalue weighted by atomic mass is 10.1. The van der Waals surface area contributed by atoms with Crippen LogP contribution < -0.4 is 15.4 Å². The van der Waals surface area contributed by atoms with Crippen molar-refractivity contribution < 1.29 is 9.53 Å². The van der Waals surface area contributed by atoms with Gasteiger partial charge in [-0.2, -0.15) is 0 Å². The topological polar surface area (TPSA) is 63.2 Å². The van der Waals surface area contributed by atoms with Gasteiger partial charge in [0.25, 0.3) is 5.91 Å². The van der Waals surface area contributed by atoms with Crippen molar-refractivity contribution in [2.24, 2.45) is 0 Å². The van der Waals surface area contributed by atoms with Crippen molar-refractivity contribution >= 4 is 11.6 Å². The second-order valence-electron chi connectivity index (χ2n) is 5.88. The molecule has 0 spiro atoms. The van der Waals surface area contributed by atoms with Crippen LogP contribution >= 0.6 is 0 Å². The quantitative estimate of drug-likeness (QED) is 0.777. The summed E-state index contributed by atoms with van der Waals surface area (Å²) in [5, 5.41) is 6.22. The van der Waals surface area contributed by atoms with E-state index < -0.39 is 0 Å². The zero-order chi connectivity index (χ0) is 17.4.